The van der Waals surface area contributed by atoms with E-state index in [9.17, 15) is 0 Å². The number of rotatable bonds is 7. The van der Waals surface area contributed by atoms with E-state index < -0.39 is 8.29 Å². The zero-order chi connectivity index (χ0) is 37.9. The van der Waals surface area contributed by atoms with E-state index in [0.29, 0.717) is 0 Å². The van der Waals surface area contributed by atoms with Crippen LogP contribution in [0.4, 0.5) is 0 Å². The quantitative estimate of drug-likeness (QED) is 0.158. The number of benzene rings is 9. The van der Waals surface area contributed by atoms with Crippen LogP contribution < -0.4 is 0 Å². The van der Waals surface area contributed by atoms with Crippen LogP contribution in [0.3, 0.4) is 0 Å². The van der Waals surface area contributed by atoms with Gasteiger partial charge < -0.3 is 4.42 Å². The normalized spacial score (nSPS) is 15.3. The van der Waals surface area contributed by atoms with E-state index in [-0.39, 0.29) is 5.25 Å². The lowest BCUT2D eigenvalue weighted by Gasteiger charge is -2.82. The number of fused-ring (bicyclic) bond motifs is 4. The van der Waals surface area contributed by atoms with Crippen molar-refractivity contribution in [1.29, 1.82) is 0 Å². The molecule has 1 unspecified atom stereocenters. The molecule has 0 N–H and O–H groups in total. The molecular formula is C55H42OS. The van der Waals surface area contributed by atoms with E-state index in [2.05, 4.69) is 224 Å². The van der Waals surface area contributed by atoms with Crippen molar-refractivity contribution >= 4 is 40.8 Å². The van der Waals surface area contributed by atoms with Crippen molar-refractivity contribution in [1.82, 2.24) is 0 Å². The third-order valence-corrected chi connectivity index (χ3v) is 22.4. The van der Waals surface area contributed by atoms with Gasteiger partial charge in [-0.2, -0.15) is 0 Å². The molecule has 0 amide bonds. The Morgan fingerprint density at radius 3 is 1.72 bits per heavy atom. The van der Waals surface area contributed by atoms with E-state index >= 15 is 0 Å². The van der Waals surface area contributed by atoms with Gasteiger partial charge in [-0.05, 0) is 90.7 Å². The molecule has 1 heterocycles. The van der Waals surface area contributed by atoms with Crippen molar-refractivity contribution in [2.24, 2.45) is 0 Å². The van der Waals surface area contributed by atoms with Gasteiger partial charge in [0.05, 0.1) is 0 Å². The second kappa shape index (κ2) is 12.4. The highest BCUT2D eigenvalue weighted by Crippen LogP contribution is 3.16. The molecule has 1 atom stereocenters. The standard InChI is InChI=1S/C55H42OS/c1-4-19-40(20-5-1)46-31-17-33-50-49(46)32-18-36-53(50)57(44-25-6-2-7-26-44,45-27-8-3-9-28-45,54-38-37-42-22-11-14-30-48(42)54,55-39-43-23-12-15-34-51(43)56-55)52-35-16-24-41-21-10-13-29-47(41)52/h1-36,39,54H,37-38H2. The van der Waals surface area contributed by atoms with Crippen LogP contribution in [0.1, 0.15) is 22.8 Å². The maximum absolute atomic E-state index is 7.85. The fourth-order valence-electron chi connectivity index (χ4n) is 11.1. The predicted molar refractivity (Wildman–Crippen MR) is 239 cm³/mol. The molecule has 57 heavy (non-hydrogen) atoms. The molecule has 0 fully saturated rings. The molecule has 0 saturated carbocycles. The average molecular weight is 751 g/mol. The minimum atomic E-state index is -4.90. The number of furan rings is 1. The highest BCUT2D eigenvalue weighted by atomic mass is 32.4. The Kier molecular flexibility index (Phi) is 7.36. The third kappa shape index (κ3) is 4.06. The first-order chi connectivity index (χ1) is 28.2. The second-order valence-corrected chi connectivity index (χ2v) is 21.6. The van der Waals surface area contributed by atoms with Crippen LogP contribution in [0.25, 0.3) is 43.6 Å². The summed E-state index contributed by atoms with van der Waals surface area (Å²) >= 11 is 0. The van der Waals surface area contributed by atoms with Crippen molar-refractivity contribution in [2.75, 3.05) is 0 Å². The summed E-state index contributed by atoms with van der Waals surface area (Å²) < 4.78 is 7.85. The average Bonchev–Trinajstić information content (AvgIpc) is 3.95. The Morgan fingerprint density at radius 1 is 0.421 bits per heavy atom. The van der Waals surface area contributed by atoms with Gasteiger partial charge in [0.2, 0.25) is 0 Å². The number of para-hydroxylation sites is 1. The van der Waals surface area contributed by atoms with Crippen LogP contribution in [0.15, 0.2) is 254 Å². The summed E-state index contributed by atoms with van der Waals surface area (Å²) in [6, 6.07) is 84.4. The number of hydrogen-bond acceptors (Lipinski definition) is 1. The smallest absolute Gasteiger partial charge is 0.146 e. The third-order valence-electron chi connectivity index (χ3n) is 13.3. The maximum atomic E-state index is 7.85. The molecule has 1 aromatic heterocycles. The lowest BCUT2D eigenvalue weighted by atomic mass is 9.98. The summed E-state index contributed by atoms with van der Waals surface area (Å²) in [5, 5.41) is 6.94. The molecule has 11 rings (SSSR count). The first-order valence-electron chi connectivity index (χ1n) is 20.0. The summed E-state index contributed by atoms with van der Waals surface area (Å²) in [6.07, 6.45) is 1.89. The van der Waals surface area contributed by atoms with Crippen LogP contribution in [-0.4, -0.2) is 0 Å². The van der Waals surface area contributed by atoms with Crippen molar-refractivity contribution in [3.8, 4) is 11.1 Å². The monoisotopic (exact) mass is 750 g/mol. The van der Waals surface area contributed by atoms with Crippen LogP contribution in [0, 0.1) is 0 Å². The van der Waals surface area contributed by atoms with Gasteiger partial charge >= 0.3 is 0 Å². The van der Waals surface area contributed by atoms with E-state index in [0.717, 1.165) is 28.9 Å². The molecule has 1 nitrogen and oxygen atoms in total. The van der Waals surface area contributed by atoms with Gasteiger partial charge in [-0.25, -0.2) is 0 Å². The minimum absolute atomic E-state index is 0.0525. The Balaban J connectivity index is 1.57. The van der Waals surface area contributed by atoms with Gasteiger partial charge in [0.1, 0.15) is 10.7 Å². The van der Waals surface area contributed by atoms with E-state index in [1.54, 1.807) is 0 Å². The van der Waals surface area contributed by atoms with Gasteiger partial charge in [-0.3, -0.25) is 0 Å². The van der Waals surface area contributed by atoms with Crippen molar-refractivity contribution in [3.63, 3.8) is 0 Å². The maximum Gasteiger partial charge on any atom is 0.146 e. The molecule has 1 aliphatic carbocycles. The molecule has 0 saturated heterocycles. The van der Waals surface area contributed by atoms with Gasteiger partial charge in [0.25, 0.3) is 0 Å². The fourth-order valence-corrected chi connectivity index (χ4v) is 21.5. The van der Waals surface area contributed by atoms with E-state index in [1.807, 2.05) is 0 Å². The number of hydrogen-bond donors (Lipinski definition) is 0. The Bertz CT molecular complexity index is 3050. The topological polar surface area (TPSA) is 13.1 Å². The van der Waals surface area contributed by atoms with Gasteiger partial charge in [0, 0.05) is 20.4 Å². The van der Waals surface area contributed by atoms with Crippen LogP contribution in [0.2, 0.25) is 0 Å². The number of aryl methyl sites for hydroxylation is 1. The highest BCUT2D eigenvalue weighted by Gasteiger charge is 2.76. The fraction of sp³-hybridized carbons (Fsp3) is 0.0545. The summed E-state index contributed by atoms with van der Waals surface area (Å²) in [4.78, 5) is 5.11. The summed E-state index contributed by atoms with van der Waals surface area (Å²) in [7, 11) is -4.90. The first kappa shape index (κ1) is 33.7. The molecule has 9 aromatic carbocycles. The molecule has 10 aromatic rings. The predicted octanol–water partition coefficient (Wildman–Crippen LogP) is 15.6. The lowest BCUT2D eigenvalue weighted by molar-refractivity contribution is 0.496. The summed E-state index contributed by atoms with van der Waals surface area (Å²) in [6.45, 7) is 0. The van der Waals surface area contributed by atoms with Crippen molar-refractivity contribution < 1.29 is 4.42 Å². The molecule has 274 valence electrons. The van der Waals surface area contributed by atoms with Gasteiger partial charge in [-0.1, -0.05) is 200 Å². The molecular weight excluding hydrogens is 709 g/mol. The highest BCUT2D eigenvalue weighted by molar-refractivity contribution is 8.65. The summed E-state index contributed by atoms with van der Waals surface area (Å²) in [5.74, 6) is 0. The lowest BCUT2D eigenvalue weighted by Crippen LogP contribution is -2.43. The van der Waals surface area contributed by atoms with Gasteiger partial charge in [-0.15, -0.1) is 8.29 Å². The largest absolute Gasteiger partial charge is 0.452 e. The SMILES string of the molecule is c1ccc(-c2cccc3c(S(c4ccccc4)(c4ccccc4)(c4cc5ccccc5o4)(c4cccc5ccccc45)C4CCc5ccccc54)cccc23)cc1. The second-order valence-electron chi connectivity index (χ2n) is 15.6. The molecule has 0 radical (unpaired) electrons. The van der Waals surface area contributed by atoms with E-state index in [1.165, 1.54) is 63.4 Å². The van der Waals surface area contributed by atoms with Crippen LogP contribution in [0.5, 0.6) is 0 Å². The Morgan fingerprint density at radius 2 is 0.965 bits per heavy atom. The summed E-state index contributed by atoms with van der Waals surface area (Å²) in [5.41, 5.74) is 6.10. The van der Waals surface area contributed by atoms with Crippen molar-refractivity contribution in [3.05, 3.63) is 236 Å². The van der Waals surface area contributed by atoms with Crippen LogP contribution >= 0.6 is 8.29 Å². The van der Waals surface area contributed by atoms with Crippen molar-refractivity contribution in [2.45, 2.75) is 42.8 Å². The van der Waals surface area contributed by atoms with Gasteiger partial charge in [0.15, 0.2) is 0 Å². The minimum Gasteiger partial charge on any atom is -0.452 e. The Labute approximate surface area is 333 Å². The van der Waals surface area contributed by atoms with Crippen LogP contribution in [-0.2, 0) is 6.42 Å². The molecule has 2 heteroatoms. The molecule has 0 bridgehead atoms. The zero-order valence-electron chi connectivity index (χ0n) is 31.7. The first-order valence-corrected chi connectivity index (χ1v) is 22.5. The van der Waals surface area contributed by atoms with E-state index in [4.69, 9.17) is 4.42 Å². The Hall–Kier alpha value is -6.61. The molecule has 1 aliphatic rings. The molecule has 0 aliphatic heterocycles. The zero-order valence-corrected chi connectivity index (χ0v) is 32.5. The molecule has 0 spiro atoms.